The van der Waals surface area contributed by atoms with Gasteiger partial charge < -0.3 is 10.6 Å². The van der Waals surface area contributed by atoms with Crippen molar-refractivity contribution in [2.24, 2.45) is 10.9 Å². The van der Waals surface area contributed by atoms with E-state index in [9.17, 15) is 8.42 Å². The quantitative estimate of drug-likeness (QED) is 0.610. The summed E-state index contributed by atoms with van der Waals surface area (Å²) in [4.78, 5) is 7.12. The van der Waals surface area contributed by atoms with Gasteiger partial charge in [0.25, 0.3) is 0 Å². The van der Waals surface area contributed by atoms with Gasteiger partial charge in [-0.2, -0.15) is 0 Å². The molecule has 1 heterocycles. The van der Waals surface area contributed by atoms with E-state index in [1.165, 1.54) is 6.26 Å². The maximum Gasteiger partial charge on any atom is 0.191 e. The summed E-state index contributed by atoms with van der Waals surface area (Å²) in [5.41, 5.74) is 1.01. The first-order chi connectivity index (χ1) is 11.7. The third-order valence-electron chi connectivity index (χ3n) is 4.73. The van der Waals surface area contributed by atoms with Crippen LogP contribution in [-0.2, 0) is 16.4 Å². The van der Waals surface area contributed by atoms with Gasteiger partial charge >= 0.3 is 0 Å². The molecule has 0 aliphatic carbocycles. The van der Waals surface area contributed by atoms with Crippen molar-refractivity contribution in [3.8, 4) is 0 Å². The van der Waals surface area contributed by atoms with Gasteiger partial charge in [-0.05, 0) is 37.5 Å². The fraction of sp³-hybridized carbons (Fsp3) is 0.611. The summed E-state index contributed by atoms with van der Waals surface area (Å²) in [5.74, 6) is 1.34. The molecule has 1 aliphatic rings. The normalized spacial score (nSPS) is 22.4. The van der Waals surface area contributed by atoms with Gasteiger partial charge in [0, 0.05) is 45.0 Å². The van der Waals surface area contributed by atoms with Gasteiger partial charge in [0.1, 0.15) is 0 Å². The van der Waals surface area contributed by atoms with Gasteiger partial charge in [-0.15, -0.1) is 0 Å². The van der Waals surface area contributed by atoms with Crippen LogP contribution in [0.1, 0.15) is 26.3 Å². The van der Waals surface area contributed by atoms with E-state index in [1.54, 1.807) is 19.2 Å². The van der Waals surface area contributed by atoms with Gasteiger partial charge in [-0.1, -0.05) is 19.1 Å². The number of likely N-dealkylation sites (tertiary alicyclic amines) is 1. The van der Waals surface area contributed by atoms with Gasteiger partial charge in [-0.25, -0.2) is 8.42 Å². The fourth-order valence-corrected chi connectivity index (χ4v) is 3.65. The SMILES string of the molecule is CN=C(NCc1ccc(S(C)(=O)=O)cc1)NC1CN(C(C)C)CC1C. The first-order valence-electron chi connectivity index (χ1n) is 8.71. The van der Waals surface area contributed by atoms with Crippen molar-refractivity contribution < 1.29 is 8.42 Å². The molecule has 0 amide bonds. The summed E-state index contributed by atoms with van der Waals surface area (Å²) in [6.45, 7) is 9.42. The first-order valence-corrected chi connectivity index (χ1v) is 10.6. The smallest absolute Gasteiger partial charge is 0.191 e. The molecule has 1 fully saturated rings. The molecule has 1 aromatic rings. The molecule has 2 unspecified atom stereocenters. The van der Waals surface area contributed by atoms with Crippen LogP contribution in [-0.4, -0.2) is 57.8 Å². The lowest BCUT2D eigenvalue weighted by Gasteiger charge is -2.22. The van der Waals surface area contributed by atoms with Crippen molar-refractivity contribution in [1.82, 2.24) is 15.5 Å². The summed E-state index contributed by atoms with van der Waals surface area (Å²) in [7, 11) is -1.39. The van der Waals surface area contributed by atoms with Crippen LogP contribution in [0.5, 0.6) is 0 Å². The molecule has 1 saturated heterocycles. The lowest BCUT2D eigenvalue weighted by Crippen LogP contribution is -2.46. The summed E-state index contributed by atoms with van der Waals surface area (Å²) in [6.07, 6.45) is 1.22. The van der Waals surface area contributed by atoms with E-state index in [0.29, 0.717) is 29.4 Å². The molecule has 1 aromatic carbocycles. The zero-order valence-corrected chi connectivity index (χ0v) is 16.6. The number of nitrogens with zero attached hydrogens (tertiary/aromatic N) is 2. The minimum atomic E-state index is -3.15. The van der Waals surface area contributed by atoms with Crippen molar-refractivity contribution >= 4 is 15.8 Å². The lowest BCUT2D eigenvalue weighted by molar-refractivity contribution is 0.265. The minimum absolute atomic E-state index is 0.340. The second kappa shape index (κ2) is 8.19. The first kappa shape index (κ1) is 19.7. The topological polar surface area (TPSA) is 73.8 Å². The molecule has 0 saturated carbocycles. The van der Waals surface area contributed by atoms with E-state index < -0.39 is 9.84 Å². The molecule has 25 heavy (non-hydrogen) atoms. The fourth-order valence-electron chi connectivity index (χ4n) is 3.02. The molecule has 1 aliphatic heterocycles. The number of rotatable bonds is 5. The second-order valence-electron chi connectivity index (χ2n) is 7.12. The number of hydrogen-bond acceptors (Lipinski definition) is 4. The Balaban J connectivity index is 1.91. The molecule has 140 valence electrons. The van der Waals surface area contributed by atoms with Gasteiger partial charge in [0.15, 0.2) is 15.8 Å². The molecule has 2 N–H and O–H groups in total. The van der Waals surface area contributed by atoms with Crippen LogP contribution in [0.15, 0.2) is 34.2 Å². The standard InChI is InChI=1S/C18H30N4O2S/c1-13(2)22-11-14(3)17(12-22)21-18(19-4)20-10-15-6-8-16(9-7-15)25(5,23)24/h6-9,13-14,17H,10-12H2,1-5H3,(H2,19,20,21). The monoisotopic (exact) mass is 366 g/mol. The average Bonchev–Trinajstić information content (AvgIpc) is 2.92. The van der Waals surface area contributed by atoms with Crippen molar-refractivity contribution in [3.63, 3.8) is 0 Å². The highest BCUT2D eigenvalue weighted by Crippen LogP contribution is 2.18. The Morgan fingerprint density at radius 3 is 2.40 bits per heavy atom. The molecular formula is C18H30N4O2S. The van der Waals surface area contributed by atoms with E-state index in [-0.39, 0.29) is 0 Å². The van der Waals surface area contributed by atoms with E-state index in [4.69, 9.17) is 0 Å². The molecule has 0 radical (unpaired) electrons. The number of nitrogens with one attached hydrogen (secondary N) is 2. The zero-order chi connectivity index (χ0) is 18.6. The maximum absolute atomic E-state index is 11.5. The molecule has 6 nitrogen and oxygen atoms in total. The number of hydrogen-bond donors (Lipinski definition) is 2. The maximum atomic E-state index is 11.5. The molecule has 0 aromatic heterocycles. The average molecular weight is 367 g/mol. The highest BCUT2D eigenvalue weighted by Gasteiger charge is 2.31. The second-order valence-corrected chi connectivity index (χ2v) is 9.13. The summed E-state index contributed by atoms with van der Waals surface area (Å²) < 4.78 is 23.0. The number of aliphatic imine (C=N–C) groups is 1. The van der Waals surface area contributed by atoms with E-state index in [1.807, 2.05) is 12.1 Å². The number of sulfone groups is 1. The molecule has 0 spiro atoms. The number of benzene rings is 1. The summed E-state index contributed by atoms with van der Waals surface area (Å²) in [6, 6.07) is 7.87. The molecule has 0 bridgehead atoms. The van der Waals surface area contributed by atoms with Crippen LogP contribution in [0.2, 0.25) is 0 Å². The van der Waals surface area contributed by atoms with E-state index in [0.717, 1.165) is 24.6 Å². The Morgan fingerprint density at radius 1 is 1.28 bits per heavy atom. The Kier molecular flexibility index (Phi) is 6.46. The summed E-state index contributed by atoms with van der Waals surface area (Å²) >= 11 is 0. The van der Waals surface area contributed by atoms with Crippen LogP contribution >= 0.6 is 0 Å². The van der Waals surface area contributed by atoms with Gasteiger partial charge in [0.2, 0.25) is 0 Å². The Bertz CT molecular complexity index is 698. The Morgan fingerprint density at radius 2 is 1.92 bits per heavy atom. The lowest BCUT2D eigenvalue weighted by atomic mass is 10.1. The zero-order valence-electron chi connectivity index (χ0n) is 15.8. The molecular weight excluding hydrogens is 336 g/mol. The van der Waals surface area contributed by atoms with Gasteiger partial charge in [-0.3, -0.25) is 9.89 Å². The van der Waals surface area contributed by atoms with Crippen molar-refractivity contribution in [3.05, 3.63) is 29.8 Å². The Hall–Kier alpha value is -1.60. The Labute approximate surface area is 151 Å². The van der Waals surface area contributed by atoms with Crippen molar-refractivity contribution in [1.29, 1.82) is 0 Å². The minimum Gasteiger partial charge on any atom is -0.352 e. The summed E-state index contributed by atoms with van der Waals surface area (Å²) in [5, 5.41) is 6.81. The van der Waals surface area contributed by atoms with Crippen molar-refractivity contribution in [2.75, 3.05) is 26.4 Å². The number of guanidine groups is 1. The van der Waals surface area contributed by atoms with Crippen LogP contribution in [0.4, 0.5) is 0 Å². The third-order valence-corrected chi connectivity index (χ3v) is 5.86. The predicted octanol–water partition coefficient (Wildman–Crippen LogP) is 1.48. The van der Waals surface area contributed by atoms with Crippen molar-refractivity contribution in [2.45, 2.75) is 44.3 Å². The highest BCUT2D eigenvalue weighted by atomic mass is 32.2. The largest absolute Gasteiger partial charge is 0.352 e. The van der Waals surface area contributed by atoms with Crippen LogP contribution in [0.3, 0.4) is 0 Å². The van der Waals surface area contributed by atoms with Crippen LogP contribution in [0.25, 0.3) is 0 Å². The van der Waals surface area contributed by atoms with E-state index in [2.05, 4.69) is 41.3 Å². The van der Waals surface area contributed by atoms with E-state index >= 15 is 0 Å². The van der Waals surface area contributed by atoms with Gasteiger partial charge in [0.05, 0.1) is 4.90 Å². The molecule has 7 heteroatoms. The molecule has 2 rings (SSSR count). The molecule has 2 atom stereocenters. The van der Waals surface area contributed by atoms with Crippen LogP contribution < -0.4 is 10.6 Å². The third kappa shape index (κ3) is 5.44. The van der Waals surface area contributed by atoms with Crippen LogP contribution in [0, 0.1) is 5.92 Å². The predicted molar refractivity (Wildman–Crippen MR) is 103 cm³/mol. The highest BCUT2D eigenvalue weighted by molar-refractivity contribution is 7.90.